The lowest BCUT2D eigenvalue weighted by Crippen LogP contribution is -2.50. The van der Waals surface area contributed by atoms with Crippen LogP contribution in [0.2, 0.25) is 0 Å². The second-order valence-corrected chi connectivity index (χ2v) is 5.16. The number of nitrogens with one attached hydrogen (secondary N) is 1. The Balaban J connectivity index is 2.07. The molecule has 1 aliphatic heterocycles. The molecule has 1 unspecified atom stereocenters. The Bertz CT molecular complexity index is 494. The third-order valence-electron chi connectivity index (χ3n) is 3.13. The van der Waals surface area contributed by atoms with Crippen molar-refractivity contribution in [1.82, 2.24) is 10.3 Å². The van der Waals surface area contributed by atoms with E-state index < -0.39 is 0 Å². The van der Waals surface area contributed by atoms with Crippen LogP contribution in [0.3, 0.4) is 0 Å². The fourth-order valence-electron chi connectivity index (χ4n) is 2.26. The fraction of sp³-hybridized carbons (Fsp3) is 0.417. The van der Waals surface area contributed by atoms with Gasteiger partial charge >= 0.3 is 0 Å². The molecular weight excluding hydrogens is 218 g/mol. The maximum absolute atomic E-state index is 4.56. The number of nitrogens with zero attached hydrogens (tertiary/aromatic N) is 2. The minimum absolute atomic E-state index is 0.520. The second kappa shape index (κ2) is 4.03. The molecule has 4 heteroatoms. The van der Waals surface area contributed by atoms with E-state index in [0.717, 1.165) is 25.5 Å². The quantitative estimate of drug-likeness (QED) is 0.817. The van der Waals surface area contributed by atoms with E-state index in [1.165, 1.54) is 10.1 Å². The van der Waals surface area contributed by atoms with Gasteiger partial charge in [-0.2, -0.15) is 0 Å². The Morgan fingerprint density at radius 2 is 2.44 bits per heavy atom. The normalized spacial score (nSPS) is 21.6. The zero-order valence-electron chi connectivity index (χ0n) is 9.31. The summed E-state index contributed by atoms with van der Waals surface area (Å²) >= 11 is 1.78. The highest BCUT2D eigenvalue weighted by molar-refractivity contribution is 7.17. The number of thiophene rings is 1. The summed E-state index contributed by atoms with van der Waals surface area (Å²) in [7, 11) is 0. The number of aromatic nitrogens is 1. The third kappa shape index (κ3) is 1.58. The zero-order chi connectivity index (χ0) is 11.0. The van der Waals surface area contributed by atoms with E-state index in [0.29, 0.717) is 6.04 Å². The molecule has 1 atom stereocenters. The van der Waals surface area contributed by atoms with Crippen LogP contribution in [0.25, 0.3) is 10.1 Å². The summed E-state index contributed by atoms with van der Waals surface area (Å²) in [6.45, 7) is 5.39. The lowest BCUT2D eigenvalue weighted by atomic mass is 10.2. The summed E-state index contributed by atoms with van der Waals surface area (Å²) in [4.78, 5) is 6.97. The molecule has 84 valence electrons. The second-order valence-electron chi connectivity index (χ2n) is 4.21. The molecule has 2 aromatic heterocycles. The van der Waals surface area contributed by atoms with E-state index in [1.807, 2.05) is 6.20 Å². The highest BCUT2D eigenvalue weighted by Crippen LogP contribution is 2.29. The number of anilines is 1. The van der Waals surface area contributed by atoms with Crippen LogP contribution >= 0.6 is 11.3 Å². The predicted molar refractivity (Wildman–Crippen MR) is 69.3 cm³/mol. The van der Waals surface area contributed by atoms with Crippen molar-refractivity contribution in [3.63, 3.8) is 0 Å². The summed E-state index contributed by atoms with van der Waals surface area (Å²) in [5.74, 6) is 1.15. The average molecular weight is 233 g/mol. The van der Waals surface area contributed by atoms with E-state index in [4.69, 9.17) is 0 Å². The molecule has 0 aliphatic carbocycles. The van der Waals surface area contributed by atoms with E-state index in [2.05, 4.69) is 39.6 Å². The lowest BCUT2D eigenvalue weighted by Gasteiger charge is -2.35. The number of piperazine rings is 1. The minimum atomic E-state index is 0.520. The van der Waals surface area contributed by atoms with Crippen molar-refractivity contribution in [3.8, 4) is 0 Å². The predicted octanol–water partition coefficient (Wildman–Crippen LogP) is 2.09. The summed E-state index contributed by atoms with van der Waals surface area (Å²) in [6.07, 6.45) is 1.92. The number of pyridine rings is 1. The summed E-state index contributed by atoms with van der Waals surface area (Å²) in [5, 5.41) is 6.84. The van der Waals surface area contributed by atoms with Gasteiger partial charge in [-0.25, -0.2) is 4.98 Å². The fourth-order valence-corrected chi connectivity index (χ4v) is 3.04. The van der Waals surface area contributed by atoms with Gasteiger partial charge < -0.3 is 10.2 Å². The molecule has 2 aromatic rings. The van der Waals surface area contributed by atoms with Crippen molar-refractivity contribution in [3.05, 3.63) is 23.7 Å². The number of hydrogen-bond acceptors (Lipinski definition) is 4. The molecule has 0 radical (unpaired) electrons. The van der Waals surface area contributed by atoms with Gasteiger partial charge in [0.2, 0.25) is 0 Å². The third-order valence-corrected chi connectivity index (χ3v) is 4.01. The largest absolute Gasteiger partial charge is 0.351 e. The molecule has 0 spiro atoms. The minimum Gasteiger partial charge on any atom is -0.351 e. The van der Waals surface area contributed by atoms with Gasteiger partial charge in [0.1, 0.15) is 5.82 Å². The standard InChI is InChI=1S/C12H15N3S/c1-9-8-13-5-6-15(9)12-10-3-7-16-11(10)2-4-14-12/h2-4,7,9,13H,5-6,8H2,1H3. The SMILES string of the molecule is CC1CNCCN1c1nccc2sccc12. The monoisotopic (exact) mass is 233 g/mol. The maximum Gasteiger partial charge on any atom is 0.137 e. The topological polar surface area (TPSA) is 28.2 Å². The molecule has 3 nitrogen and oxygen atoms in total. The highest BCUT2D eigenvalue weighted by atomic mass is 32.1. The van der Waals surface area contributed by atoms with Crippen molar-refractivity contribution >= 4 is 27.2 Å². The first-order chi connectivity index (χ1) is 7.86. The molecule has 1 saturated heterocycles. The van der Waals surface area contributed by atoms with Crippen molar-refractivity contribution in [1.29, 1.82) is 0 Å². The van der Waals surface area contributed by atoms with E-state index in [1.54, 1.807) is 11.3 Å². The van der Waals surface area contributed by atoms with E-state index in [9.17, 15) is 0 Å². The number of rotatable bonds is 1. The first-order valence-electron chi connectivity index (χ1n) is 5.66. The Morgan fingerprint density at radius 1 is 1.50 bits per heavy atom. The molecule has 1 aliphatic rings. The summed E-state index contributed by atoms with van der Waals surface area (Å²) in [5.41, 5.74) is 0. The van der Waals surface area contributed by atoms with Gasteiger partial charge in [0.15, 0.2) is 0 Å². The molecular formula is C12H15N3S. The van der Waals surface area contributed by atoms with Gasteiger partial charge in [0.25, 0.3) is 0 Å². The number of fused-ring (bicyclic) bond motifs is 1. The van der Waals surface area contributed by atoms with Gasteiger partial charge in [-0.05, 0) is 24.4 Å². The molecule has 0 saturated carbocycles. The first kappa shape index (κ1) is 10.1. The molecule has 1 N–H and O–H groups in total. The Kier molecular flexibility index (Phi) is 2.53. The molecule has 16 heavy (non-hydrogen) atoms. The van der Waals surface area contributed by atoms with Gasteiger partial charge in [-0.15, -0.1) is 11.3 Å². The lowest BCUT2D eigenvalue weighted by molar-refractivity contribution is 0.498. The summed E-state index contributed by atoms with van der Waals surface area (Å²) in [6, 6.07) is 4.79. The molecule has 0 amide bonds. The van der Waals surface area contributed by atoms with Crippen LogP contribution in [-0.4, -0.2) is 30.7 Å². The van der Waals surface area contributed by atoms with Crippen molar-refractivity contribution in [2.24, 2.45) is 0 Å². The van der Waals surface area contributed by atoms with Gasteiger partial charge in [0.05, 0.1) is 0 Å². The van der Waals surface area contributed by atoms with Crippen LogP contribution in [0.4, 0.5) is 5.82 Å². The number of hydrogen-bond donors (Lipinski definition) is 1. The summed E-state index contributed by atoms with van der Waals surface area (Å²) < 4.78 is 1.33. The zero-order valence-corrected chi connectivity index (χ0v) is 10.1. The average Bonchev–Trinajstić information content (AvgIpc) is 2.77. The van der Waals surface area contributed by atoms with Crippen LogP contribution in [-0.2, 0) is 0 Å². The van der Waals surface area contributed by atoms with Crippen LogP contribution in [0.5, 0.6) is 0 Å². The smallest absolute Gasteiger partial charge is 0.137 e. The highest BCUT2D eigenvalue weighted by Gasteiger charge is 2.20. The van der Waals surface area contributed by atoms with Crippen molar-refractivity contribution in [2.75, 3.05) is 24.5 Å². The first-order valence-corrected chi connectivity index (χ1v) is 6.54. The maximum atomic E-state index is 4.56. The van der Waals surface area contributed by atoms with Crippen LogP contribution in [0.15, 0.2) is 23.7 Å². The van der Waals surface area contributed by atoms with Gasteiger partial charge in [0, 0.05) is 42.0 Å². The Morgan fingerprint density at radius 3 is 3.31 bits per heavy atom. The molecule has 3 rings (SSSR count). The van der Waals surface area contributed by atoms with Crippen LogP contribution in [0, 0.1) is 0 Å². The molecule has 3 heterocycles. The van der Waals surface area contributed by atoms with E-state index >= 15 is 0 Å². The van der Waals surface area contributed by atoms with Gasteiger partial charge in [-0.3, -0.25) is 0 Å². The van der Waals surface area contributed by atoms with E-state index in [-0.39, 0.29) is 0 Å². The molecule has 0 bridgehead atoms. The van der Waals surface area contributed by atoms with Crippen molar-refractivity contribution < 1.29 is 0 Å². The molecule has 0 aromatic carbocycles. The van der Waals surface area contributed by atoms with Crippen LogP contribution < -0.4 is 10.2 Å². The van der Waals surface area contributed by atoms with Crippen molar-refractivity contribution in [2.45, 2.75) is 13.0 Å². The van der Waals surface area contributed by atoms with Crippen LogP contribution in [0.1, 0.15) is 6.92 Å². The van der Waals surface area contributed by atoms with Gasteiger partial charge in [-0.1, -0.05) is 0 Å². The molecule has 1 fully saturated rings. The Labute approximate surface area is 99.1 Å². The Hall–Kier alpha value is -1.13.